The molecule has 0 amide bonds. The lowest BCUT2D eigenvalue weighted by Crippen LogP contribution is -1.98. The Bertz CT molecular complexity index is 238. The molecule has 0 bridgehead atoms. The molecule has 0 aromatic carbocycles. The molecule has 2 N–H and O–H groups in total. The van der Waals surface area contributed by atoms with Gasteiger partial charge in [0.1, 0.15) is 5.82 Å². The molecule has 1 atom stereocenters. The Morgan fingerprint density at radius 1 is 1.46 bits per heavy atom. The smallest absolute Gasteiger partial charge is 0.127 e. The number of thioether (sulfide) groups is 1. The zero-order chi connectivity index (χ0) is 10.3. The van der Waals surface area contributed by atoms with E-state index in [-0.39, 0.29) is 0 Å². The first-order valence-electron chi connectivity index (χ1n) is 4.49. The molecular weight excluding hydrogens is 180 g/mol. The normalized spacial score (nSPS) is 11.4. The minimum absolute atomic E-state index is 0.434. The van der Waals surface area contributed by atoms with Crippen molar-refractivity contribution in [3.8, 4) is 0 Å². The van der Waals surface area contributed by atoms with Gasteiger partial charge in [-0.15, -0.1) is 0 Å². The van der Waals surface area contributed by atoms with E-state index in [4.69, 9.17) is 5.73 Å². The summed E-state index contributed by atoms with van der Waals surface area (Å²) in [6.07, 6.45) is 3.78. The van der Waals surface area contributed by atoms with Crippen molar-refractivity contribution in [2.75, 3.05) is 12.0 Å². The topological polar surface area (TPSA) is 38.9 Å². The van der Waals surface area contributed by atoms with Crippen LogP contribution >= 0.6 is 11.8 Å². The molecule has 0 aliphatic rings. The van der Waals surface area contributed by atoms with Gasteiger partial charge in [-0.1, -0.05) is 19.9 Å². The fourth-order valence-corrected chi connectivity index (χ4v) is 1.35. The van der Waals surface area contributed by atoms with Crippen LogP contribution in [0.3, 0.4) is 0 Å². The standard InChI is InChI=1S/C8H12N2S.C2H6/c1-6(11-2)7-4-3-5-10-8(7)9;1-2/h3-6H,1-2H3,(H2,9,10);1-2H3. The Balaban J connectivity index is 0.000000671. The average molecular weight is 198 g/mol. The van der Waals surface area contributed by atoms with Crippen molar-refractivity contribution in [2.45, 2.75) is 26.0 Å². The molecule has 1 unspecified atom stereocenters. The lowest BCUT2D eigenvalue weighted by Gasteiger charge is -2.09. The summed E-state index contributed by atoms with van der Waals surface area (Å²) in [5.41, 5.74) is 6.80. The molecule has 0 aliphatic carbocycles. The van der Waals surface area contributed by atoms with E-state index in [9.17, 15) is 0 Å². The largest absolute Gasteiger partial charge is 0.383 e. The molecule has 0 saturated carbocycles. The first kappa shape index (κ1) is 12.3. The fourth-order valence-electron chi connectivity index (χ4n) is 0.901. The zero-order valence-corrected chi connectivity index (χ0v) is 9.56. The van der Waals surface area contributed by atoms with E-state index in [1.54, 1.807) is 18.0 Å². The Labute approximate surface area is 84.9 Å². The fraction of sp³-hybridized carbons (Fsp3) is 0.500. The molecule has 2 nitrogen and oxygen atoms in total. The number of rotatable bonds is 2. The Morgan fingerprint density at radius 2 is 2.08 bits per heavy atom. The van der Waals surface area contributed by atoms with Crippen LogP contribution in [0.4, 0.5) is 5.82 Å². The Hall–Kier alpha value is -0.700. The third-order valence-electron chi connectivity index (χ3n) is 1.66. The van der Waals surface area contributed by atoms with E-state index in [1.165, 1.54) is 0 Å². The van der Waals surface area contributed by atoms with E-state index in [2.05, 4.69) is 18.2 Å². The number of aromatic nitrogens is 1. The highest BCUT2D eigenvalue weighted by molar-refractivity contribution is 7.98. The molecule has 0 fully saturated rings. The summed E-state index contributed by atoms with van der Waals surface area (Å²) in [4.78, 5) is 4.01. The van der Waals surface area contributed by atoms with Crippen molar-refractivity contribution < 1.29 is 0 Å². The molecule has 0 aliphatic heterocycles. The van der Waals surface area contributed by atoms with Crippen LogP contribution in [-0.4, -0.2) is 11.2 Å². The number of nitrogens with zero attached hydrogens (tertiary/aromatic N) is 1. The molecule has 0 spiro atoms. The summed E-state index contributed by atoms with van der Waals surface area (Å²) in [6.45, 7) is 6.12. The second kappa shape index (κ2) is 6.78. The molecule has 1 aromatic rings. The zero-order valence-electron chi connectivity index (χ0n) is 8.74. The van der Waals surface area contributed by atoms with Crippen molar-refractivity contribution in [2.24, 2.45) is 0 Å². The monoisotopic (exact) mass is 198 g/mol. The maximum Gasteiger partial charge on any atom is 0.127 e. The van der Waals surface area contributed by atoms with Crippen molar-refractivity contribution in [1.82, 2.24) is 4.98 Å². The van der Waals surface area contributed by atoms with Gasteiger partial charge >= 0.3 is 0 Å². The minimum Gasteiger partial charge on any atom is -0.383 e. The van der Waals surface area contributed by atoms with Crippen LogP contribution in [0.15, 0.2) is 18.3 Å². The lowest BCUT2D eigenvalue weighted by atomic mass is 10.2. The van der Waals surface area contributed by atoms with Gasteiger partial charge in [-0.25, -0.2) is 4.98 Å². The SMILES string of the molecule is CC.CSC(C)c1cccnc1N. The van der Waals surface area contributed by atoms with Crippen LogP contribution in [-0.2, 0) is 0 Å². The number of nitrogens with two attached hydrogens (primary N) is 1. The second-order valence-electron chi connectivity index (χ2n) is 2.36. The predicted octanol–water partition coefficient (Wildman–Crippen LogP) is 3.11. The summed E-state index contributed by atoms with van der Waals surface area (Å²) in [7, 11) is 0. The highest BCUT2D eigenvalue weighted by atomic mass is 32.2. The third-order valence-corrected chi connectivity index (χ3v) is 2.62. The summed E-state index contributed by atoms with van der Waals surface area (Å²) >= 11 is 1.77. The number of anilines is 1. The van der Waals surface area contributed by atoms with Gasteiger partial charge < -0.3 is 5.73 Å². The van der Waals surface area contributed by atoms with E-state index < -0.39 is 0 Å². The average Bonchev–Trinajstić information content (AvgIpc) is 2.20. The molecule has 74 valence electrons. The van der Waals surface area contributed by atoms with Crippen LogP contribution in [0.25, 0.3) is 0 Å². The molecule has 1 aromatic heterocycles. The molecule has 3 heteroatoms. The van der Waals surface area contributed by atoms with Crippen LogP contribution in [0, 0.1) is 0 Å². The molecule has 1 rings (SSSR count). The van der Waals surface area contributed by atoms with Crippen LogP contribution in [0.1, 0.15) is 31.6 Å². The van der Waals surface area contributed by atoms with E-state index >= 15 is 0 Å². The van der Waals surface area contributed by atoms with Gasteiger partial charge in [-0.05, 0) is 19.2 Å². The van der Waals surface area contributed by atoms with Gasteiger partial charge in [0, 0.05) is 17.0 Å². The van der Waals surface area contributed by atoms with Gasteiger partial charge in [-0.3, -0.25) is 0 Å². The van der Waals surface area contributed by atoms with Crippen molar-refractivity contribution in [3.05, 3.63) is 23.9 Å². The number of pyridine rings is 1. The first-order valence-corrected chi connectivity index (χ1v) is 5.77. The lowest BCUT2D eigenvalue weighted by molar-refractivity contribution is 1.08. The van der Waals surface area contributed by atoms with Crippen molar-refractivity contribution in [3.63, 3.8) is 0 Å². The van der Waals surface area contributed by atoms with Gasteiger partial charge in [0.2, 0.25) is 0 Å². The highest BCUT2D eigenvalue weighted by Gasteiger charge is 2.06. The molecule has 1 heterocycles. The van der Waals surface area contributed by atoms with E-state index in [0.717, 1.165) is 5.56 Å². The highest BCUT2D eigenvalue weighted by Crippen LogP contribution is 2.28. The van der Waals surface area contributed by atoms with Gasteiger partial charge in [0.25, 0.3) is 0 Å². The quantitative estimate of drug-likeness (QED) is 0.793. The summed E-state index contributed by atoms with van der Waals surface area (Å²) in [5.74, 6) is 0.648. The molecular formula is C10H18N2S. The van der Waals surface area contributed by atoms with Crippen LogP contribution in [0.2, 0.25) is 0 Å². The summed E-state index contributed by atoms with van der Waals surface area (Å²) < 4.78 is 0. The minimum atomic E-state index is 0.434. The first-order chi connectivity index (χ1) is 6.25. The van der Waals surface area contributed by atoms with Crippen LogP contribution in [0.5, 0.6) is 0 Å². The summed E-state index contributed by atoms with van der Waals surface area (Å²) in [6, 6.07) is 3.93. The number of nitrogen functional groups attached to an aromatic ring is 1. The second-order valence-corrected chi connectivity index (χ2v) is 3.53. The van der Waals surface area contributed by atoms with Crippen molar-refractivity contribution >= 4 is 17.6 Å². The van der Waals surface area contributed by atoms with Crippen molar-refractivity contribution in [1.29, 1.82) is 0 Å². The molecule has 13 heavy (non-hydrogen) atoms. The maximum absolute atomic E-state index is 5.67. The Kier molecular flexibility index (Phi) is 6.41. The van der Waals surface area contributed by atoms with E-state index in [1.807, 2.05) is 26.0 Å². The predicted molar refractivity (Wildman–Crippen MR) is 61.9 cm³/mol. The van der Waals surface area contributed by atoms with Gasteiger partial charge in [0.05, 0.1) is 0 Å². The number of hydrogen-bond acceptors (Lipinski definition) is 3. The number of hydrogen-bond donors (Lipinski definition) is 1. The maximum atomic E-state index is 5.67. The van der Waals surface area contributed by atoms with E-state index in [0.29, 0.717) is 11.1 Å². The Morgan fingerprint density at radius 3 is 2.54 bits per heavy atom. The van der Waals surface area contributed by atoms with Gasteiger partial charge in [0.15, 0.2) is 0 Å². The molecule has 0 saturated heterocycles. The molecule has 0 radical (unpaired) electrons. The summed E-state index contributed by atoms with van der Waals surface area (Å²) in [5, 5.41) is 0.434. The van der Waals surface area contributed by atoms with Gasteiger partial charge in [-0.2, -0.15) is 11.8 Å². The third kappa shape index (κ3) is 3.68. The van der Waals surface area contributed by atoms with Crippen LogP contribution < -0.4 is 5.73 Å².